The first-order valence-electron chi connectivity index (χ1n) is 8.92. The van der Waals surface area contributed by atoms with Gasteiger partial charge < -0.3 is 14.9 Å². The number of hydrogen-bond donors (Lipinski definition) is 1. The van der Waals surface area contributed by atoms with Crippen molar-refractivity contribution in [1.29, 1.82) is 0 Å². The van der Waals surface area contributed by atoms with Gasteiger partial charge in [-0.1, -0.05) is 6.92 Å². The lowest BCUT2D eigenvalue weighted by molar-refractivity contribution is -0.383. The van der Waals surface area contributed by atoms with E-state index in [2.05, 4.69) is 21.8 Å². The molecule has 2 saturated heterocycles. The number of piperazine rings is 1. The molecule has 0 aromatic carbocycles. The van der Waals surface area contributed by atoms with Gasteiger partial charge in [-0.25, -0.2) is 9.97 Å². The highest BCUT2D eigenvalue weighted by Gasteiger charge is 2.32. The maximum absolute atomic E-state index is 11.8. The van der Waals surface area contributed by atoms with Crippen molar-refractivity contribution in [3.05, 3.63) is 16.4 Å². The number of β-amino-alcohol motifs (C(OH)–C–C–N with tert-alkyl or cyclic N) is 1. The summed E-state index contributed by atoms with van der Waals surface area (Å²) < 4.78 is 0. The summed E-state index contributed by atoms with van der Waals surface area (Å²) in [5.41, 5.74) is 0.0206. The first kappa shape index (κ1) is 17.8. The normalized spacial score (nSPS) is 22.2. The largest absolute Gasteiger partial charge is 0.395 e. The van der Waals surface area contributed by atoms with Gasteiger partial charge in [-0.3, -0.25) is 15.0 Å². The Morgan fingerprint density at radius 2 is 1.88 bits per heavy atom. The number of nitro groups is 1. The van der Waals surface area contributed by atoms with Crippen LogP contribution in [-0.4, -0.2) is 77.3 Å². The van der Waals surface area contributed by atoms with Gasteiger partial charge in [0.05, 0.1) is 11.5 Å². The summed E-state index contributed by atoms with van der Waals surface area (Å²) in [5, 5.41) is 20.9. The van der Waals surface area contributed by atoms with Crippen molar-refractivity contribution in [1.82, 2.24) is 14.9 Å². The quantitative estimate of drug-likeness (QED) is 0.613. The minimum atomic E-state index is -0.343. The molecule has 0 saturated carbocycles. The first-order valence-corrected chi connectivity index (χ1v) is 8.92. The van der Waals surface area contributed by atoms with Crippen LogP contribution in [0.15, 0.2) is 6.33 Å². The number of aliphatic hydroxyl groups excluding tert-OH is 1. The van der Waals surface area contributed by atoms with E-state index in [0.29, 0.717) is 37.2 Å². The molecule has 0 spiro atoms. The smallest absolute Gasteiger partial charge is 0.353 e. The Bertz CT molecular complexity index is 606. The monoisotopic (exact) mass is 350 g/mol. The molecule has 0 aliphatic carbocycles. The molecule has 1 unspecified atom stereocenters. The van der Waals surface area contributed by atoms with E-state index in [9.17, 15) is 10.1 Å². The molecule has 9 nitrogen and oxygen atoms in total. The first-order chi connectivity index (χ1) is 12.1. The van der Waals surface area contributed by atoms with Crippen LogP contribution in [0.4, 0.5) is 17.3 Å². The third-order valence-electron chi connectivity index (χ3n) is 5.01. The summed E-state index contributed by atoms with van der Waals surface area (Å²) >= 11 is 0. The lowest BCUT2D eigenvalue weighted by Gasteiger charge is -2.35. The molecular weight excluding hydrogens is 324 g/mol. The molecule has 3 heterocycles. The standard InChI is InChI=1S/C16H26N6O3/c1-13-3-2-4-21(11-13)16-14(22(24)25)15(17-12-18-16)20-7-5-19(6-8-20)9-10-23/h12-13,23H,2-11H2,1H3. The second-order valence-corrected chi connectivity index (χ2v) is 6.87. The number of anilines is 2. The Morgan fingerprint density at radius 1 is 1.20 bits per heavy atom. The van der Waals surface area contributed by atoms with Crippen LogP contribution in [0.5, 0.6) is 0 Å². The van der Waals surface area contributed by atoms with Crippen LogP contribution >= 0.6 is 0 Å². The Labute approximate surface area is 147 Å². The van der Waals surface area contributed by atoms with E-state index in [0.717, 1.165) is 39.0 Å². The molecule has 25 heavy (non-hydrogen) atoms. The topological polar surface area (TPSA) is 98.9 Å². The van der Waals surface area contributed by atoms with Gasteiger partial charge >= 0.3 is 5.69 Å². The van der Waals surface area contributed by atoms with Gasteiger partial charge in [-0.2, -0.15) is 0 Å². The summed E-state index contributed by atoms with van der Waals surface area (Å²) in [7, 11) is 0. The molecule has 2 fully saturated rings. The van der Waals surface area contributed by atoms with Crippen molar-refractivity contribution in [2.75, 3.05) is 62.2 Å². The lowest BCUT2D eigenvalue weighted by Crippen LogP contribution is -2.47. The second-order valence-electron chi connectivity index (χ2n) is 6.87. The molecule has 0 amide bonds. The van der Waals surface area contributed by atoms with Crippen LogP contribution in [0.2, 0.25) is 0 Å². The van der Waals surface area contributed by atoms with Gasteiger partial charge in [0.15, 0.2) is 0 Å². The number of hydrogen-bond acceptors (Lipinski definition) is 8. The number of nitrogens with zero attached hydrogens (tertiary/aromatic N) is 6. The molecular formula is C16H26N6O3. The predicted octanol–water partition coefficient (Wildman–Crippen LogP) is 0.735. The number of aliphatic hydroxyl groups is 1. The molecule has 3 rings (SSSR count). The Balaban J connectivity index is 1.85. The van der Waals surface area contributed by atoms with Gasteiger partial charge in [0, 0.05) is 45.8 Å². The van der Waals surface area contributed by atoms with Crippen molar-refractivity contribution >= 4 is 17.3 Å². The zero-order valence-electron chi connectivity index (χ0n) is 14.7. The molecule has 0 bridgehead atoms. The molecule has 1 aromatic heterocycles. The highest BCUT2D eigenvalue weighted by atomic mass is 16.6. The van der Waals surface area contributed by atoms with E-state index in [1.807, 2.05) is 9.80 Å². The molecule has 2 aliphatic heterocycles. The molecule has 9 heteroatoms. The minimum Gasteiger partial charge on any atom is -0.395 e. The maximum atomic E-state index is 11.8. The van der Waals surface area contributed by atoms with Crippen molar-refractivity contribution < 1.29 is 10.0 Å². The Morgan fingerprint density at radius 3 is 2.48 bits per heavy atom. The van der Waals surface area contributed by atoms with Crippen LogP contribution in [-0.2, 0) is 0 Å². The molecule has 1 N–H and O–H groups in total. The van der Waals surface area contributed by atoms with E-state index in [1.165, 1.54) is 6.33 Å². The van der Waals surface area contributed by atoms with Gasteiger partial charge in [0.1, 0.15) is 6.33 Å². The van der Waals surface area contributed by atoms with E-state index in [-0.39, 0.29) is 17.2 Å². The van der Waals surface area contributed by atoms with Gasteiger partial charge in [0.25, 0.3) is 0 Å². The highest BCUT2D eigenvalue weighted by Crippen LogP contribution is 2.36. The molecule has 0 radical (unpaired) electrons. The zero-order chi connectivity index (χ0) is 17.8. The predicted molar refractivity (Wildman–Crippen MR) is 95.0 cm³/mol. The average molecular weight is 350 g/mol. The Kier molecular flexibility index (Phi) is 5.64. The lowest BCUT2D eigenvalue weighted by atomic mass is 10.0. The fourth-order valence-electron chi connectivity index (χ4n) is 3.69. The number of piperidine rings is 1. The summed E-state index contributed by atoms with van der Waals surface area (Å²) in [6.07, 6.45) is 3.61. The van der Waals surface area contributed by atoms with Crippen LogP contribution in [0.1, 0.15) is 19.8 Å². The molecule has 1 atom stereocenters. The zero-order valence-corrected chi connectivity index (χ0v) is 14.7. The number of rotatable bonds is 5. The van der Waals surface area contributed by atoms with Gasteiger partial charge in [-0.15, -0.1) is 0 Å². The molecule has 1 aromatic rings. The summed E-state index contributed by atoms with van der Waals surface area (Å²) in [6, 6.07) is 0. The van der Waals surface area contributed by atoms with Gasteiger partial charge in [-0.05, 0) is 18.8 Å². The van der Waals surface area contributed by atoms with Crippen LogP contribution in [0.25, 0.3) is 0 Å². The third-order valence-corrected chi connectivity index (χ3v) is 5.01. The van der Waals surface area contributed by atoms with Crippen LogP contribution in [0.3, 0.4) is 0 Å². The van der Waals surface area contributed by atoms with E-state index >= 15 is 0 Å². The van der Waals surface area contributed by atoms with Crippen LogP contribution in [0, 0.1) is 16.0 Å². The Hall–Kier alpha value is -2.00. The third kappa shape index (κ3) is 3.98. The highest BCUT2D eigenvalue weighted by molar-refractivity contribution is 5.71. The van der Waals surface area contributed by atoms with Gasteiger partial charge in [0.2, 0.25) is 11.6 Å². The fourth-order valence-corrected chi connectivity index (χ4v) is 3.69. The molecule has 138 valence electrons. The van der Waals surface area contributed by atoms with Crippen molar-refractivity contribution in [3.63, 3.8) is 0 Å². The summed E-state index contributed by atoms with van der Waals surface area (Å²) in [6.45, 7) is 7.37. The van der Waals surface area contributed by atoms with Crippen molar-refractivity contribution in [3.8, 4) is 0 Å². The van der Waals surface area contributed by atoms with Crippen molar-refractivity contribution in [2.24, 2.45) is 5.92 Å². The molecule has 2 aliphatic rings. The summed E-state index contributed by atoms with van der Waals surface area (Å²) in [4.78, 5) is 26.1. The summed E-state index contributed by atoms with van der Waals surface area (Å²) in [5.74, 6) is 1.37. The minimum absolute atomic E-state index is 0.0206. The van der Waals surface area contributed by atoms with E-state index in [4.69, 9.17) is 5.11 Å². The van der Waals surface area contributed by atoms with Crippen LogP contribution < -0.4 is 9.80 Å². The second kappa shape index (κ2) is 7.92. The average Bonchev–Trinajstić information content (AvgIpc) is 2.62. The maximum Gasteiger partial charge on any atom is 0.353 e. The SMILES string of the molecule is CC1CCCN(c2ncnc(N3CCN(CCO)CC3)c2[N+](=O)[O-])C1. The number of aromatic nitrogens is 2. The van der Waals surface area contributed by atoms with E-state index in [1.54, 1.807) is 0 Å². The van der Waals surface area contributed by atoms with E-state index < -0.39 is 0 Å². The van der Waals surface area contributed by atoms with Crippen molar-refractivity contribution in [2.45, 2.75) is 19.8 Å². The fraction of sp³-hybridized carbons (Fsp3) is 0.750.